The number of carbonyl (C=O) groups is 1. The molecule has 1 aliphatic heterocycles. The summed E-state index contributed by atoms with van der Waals surface area (Å²) in [4.78, 5) is 30.1. The maximum atomic E-state index is 12.7. The predicted octanol–water partition coefficient (Wildman–Crippen LogP) is 3.75. The largest absolute Gasteiger partial charge is 0.417 e. The summed E-state index contributed by atoms with van der Waals surface area (Å²) in [6, 6.07) is 7.55. The molecule has 0 aliphatic carbocycles. The number of pyridine rings is 1. The SMILES string of the molecule is O=C(Nc1cccc([N+](=O)[O-])c1)N1CCCN(c2ccc(C(F)(F)F)cn2)CC1. The lowest BCUT2D eigenvalue weighted by atomic mass is 10.2. The third-order valence-electron chi connectivity index (χ3n) is 4.49. The van der Waals surface area contributed by atoms with Crippen LogP contribution in [0.25, 0.3) is 0 Å². The highest BCUT2D eigenvalue weighted by Crippen LogP contribution is 2.29. The average Bonchev–Trinajstić information content (AvgIpc) is 2.94. The minimum absolute atomic E-state index is 0.127. The van der Waals surface area contributed by atoms with Gasteiger partial charge in [0.25, 0.3) is 5.69 Å². The van der Waals surface area contributed by atoms with E-state index in [9.17, 15) is 28.1 Å². The molecule has 1 fully saturated rings. The van der Waals surface area contributed by atoms with Gasteiger partial charge < -0.3 is 15.1 Å². The van der Waals surface area contributed by atoms with Gasteiger partial charge in [0.1, 0.15) is 5.82 Å². The zero-order valence-electron chi connectivity index (χ0n) is 15.2. The summed E-state index contributed by atoms with van der Waals surface area (Å²) in [6.45, 7) is 1.72. The Kier molecular flexibility index (Phi) is 5.85. The normalized spacial score (nSPS) is 15.0. The molecule has 1 aromatic carbocycles. The second-order valence-corrected chi connectivity index (χ2v) is 6.47. The van der Waals surface area contributed by atoms with E-state index in [1.807, 2.05) is 4.90 Å². The molecule has 2 amide bonds. The molecular formula is C18H18F3N5O3. The molecule has 1 saturated heterocycles. The van der Waals surface area contributed by atoms with Gasteiger partial charge in [0.2, 0.25) is 0 Å². The first-order valence-corrected chi connectivity index (χ1v) is 8.82. The molecule has 2 heterocycles. The minimum atomic E-state index is -4.44. The van der Waals surface area contributed by atoms with Crippen LogP contribution in [0.1, 0.15) is 12.0 Å². The molecule has 3 rings (SSSR count). The van der Waals surface area contributed by atoms with E-state index in [0.29, 0.717) is 44.1 Å². The lowest BCUT2D eigenvalue weighted by Gasteiger charge is -2.23. The lowest BCUT2D eigenvalue weighted by molar-refractivity contribution is -0.384. The number of amides is 2. The highest BCUT2D eigenvalue weighted by atomic mass is 19.4. The maximum absolute atomic E-state index is 12.7. The lowest BCUT2D eigenvalue weighted by Crippen LogP contribution is -2.38. The van der Waals surface area contributed by atoms with E-state index in [2.05, 4.69) is 10.3 Å². The second kappa shape index (κ2) is 8.33. The number of alkyl halides is 3. The van der Waals surface area contributed by atoms with Crippen LogP contribution in [-0.4, -0.2) is 47.0 Å². The van der Waals surface area contributed by atoms with Crippen LogP contribution in [0.5, 0.6) is 0 Å². The molecule has 1 aliphatic rings. The van der Waals surface area contributed by atoms with Gasteiger partial charge in [0.05, 0.1) is 10.5 Å². The first-order valence-electron chi connectivity index (χ1n) is 8.82. The number of nitro groups is 1. The Morgan fingerprint density at radius 2 is 1.93 bits per heavy atom. The Bertz CT molecular complexity index is 889. The molecular weight excluding hydrogens is 391 g/mol. The summed E-state index contributed by atoms with van der Waals surface area (Å²) >= 11 is 0. The van der Waals surface area contributed by atoms with E-state index in [-0.39, 0.29) is 5.69 Å². The van der Waals surface area contributed by atoms with Gasteiger partial charge in [-0.3, -0.25) is 10.1 Å². The van der Waals surface area contributed by atoms with E-state index < -0.39 is 22.7 Å². The van der Waals surface area contributed by atoms with Crippen molar-refractivity contribution in [3.63, 3.8) is 0 Å². The Morgan fingerprint density at radius 3 is 2.59 bits per heavy atom. The van der Waals surface area contributed by atoms with Crippen LogP contribution >= 0.6 is 0 Å². The molecule has 29 heavy (non-hydrogen) atoms. The first-order chi connectivity index (χ1) is 13.7. The number of nitro benzene ring substituents is 1. The standard InChI is InChI=1S/C18H18F3N5O3/c19-18(20,21)13-5-6-16(22-12-13)24-7-2-8-25(10-9-24)17(27)23-14-3-1-4-15(11-14)26(28)29/h1,3-6,11-12H,2,7-10H2,(H,23,27). The fourth-order valence-corrected chi connectivity index (χ4v) is 2.99. The number of halogens is 3. The monoisotopic (exact) mass is 409 g/mol. The number of carbonyl (C=O) groups excluding carboxylic acids is 1. The summed E-state index contributed by atoms with van der Waals surface area (Å²) in [5, 5.41) is 13.5. The van der Waals surface area contributed by atoms with E-state index in [4.69, 9.17) is 0 Å². The molecule has 0 radical (unpaired) electrons. The molecule has 0 spiro atoms. The minimum Gasteiger partial charge on any atom is -0.355 e. The van der Waals surface area contributed by atoms with Crippen molar-refractivity contribution in [2.75, 3.05) is 36.4 Å². The number of hydrogen-bond donors (Lipinski definition) is 1. The summed E-state index contributed by atoms with van der Waals surface area (Å²) in [5.41, 5.74) is -0.623. The van der Waals surface area contributed by atoms with E-state index in [1.54, 1.807) is 11.0 Å². The van der Waals surface area contributed by atoms with Gasteiger partial charge in [-0.1, -0.05) is 6.07 Å². The third kappa shape index (κ3) is 5.12. The number of urea groups is 1. The Balaban J connectivity index is 1.61. The summed E-state index contributed by atoms with van der Waals surface area (Å²) < 4.78 is 38.0. The van der Waals surface area contributed by atoms with Crippen molar-refractivity contribution >= 4 is 23.2 Å². The van der Waals surface area contributed by atoms with Gasteiger partial charge in [-0.2, -0.15) is 13.2 Å². The van der Waals surface area contributed by atoms with Gasteiger partial charge in [0.15, 0.2) is 0 Å². The van der Waals surface area contributed by atoms with E-state index >= 15 is 0 Å². The number of rotatable bonds is 3. The predicted molar refractivity (Wildman–Crippen MR) is 99.8 cm³/mol. The molecule has 11 heteroatoms. The van der Waals surface area contributed by atoms with Crippen LogP contribution < -0.4 is 10.2 Å². The number of anilines is 2. The molecule has 2 aromatic rings. The Labute approximate surface area is 164 Å². The van der Waals surface area contributed by atoms with Gasteiger partial charge in [-0.05, 0) is 24.6 Å². The van der Waals surface area contributed by atoms with Crippen molar-refractivity contribution in [2.24, 2.45) is 0 Å². The summed E-state index contributed by atoms with van der Waals surface area (Å²) in [6.07, 6.45) is -3.04. The van der Waals surface area contributed by atoms with Gasteiger partial charge in [0, 0.05) is 50.2 Å². The van der Waals surface area contributed by atoms with Crippen molar-refractivity contribution in [2.45, 2.75) is 12.6 Å². The summed E-state index contributed by atoms with van der Waals surface area (Å²) in [7, 11) is 0. The highest BCUT2D eigenvalue weighted by Gasteiger charge is 2.31. The first kappa shape index (κ1) is 20.4. The topological polar surface area (TPSA) is 91.6 Å². The number of non-ortho nitro benzene ring substituents is 1. The number of hydrogen-bond acceptors (Lipinski definition) is 5. The average molecular weight is 409 g/mol. The molecule has 8 nitrogen and oxygen atoms in total. The van der Waals surface area contributed by atoms with Crippen molar-refractivity contribution in [3.8, 4) is 0 Å². The zero-order chi connectivity index (χ0) is 21.0. The van der Waals surface area contributed by atoms with E-state index in [0.717, 1.165) is 12.3 Å². The molecule has 1 aromatic heterocycles. The fourth-order valence-electron chi connectivity index (χ4n) is 2.99. The van der Waals surface area contributed by atoms with Crippen LogP contribution in [0.15, 0.2) is 42.6 Å². The smallest absolute Gasteiger partial charge is 0.355 e. The number of nitrogens with one attached hydrogen (secondary N) is 1. The molecule has 1 N–H and O–H groups in total. The van der Waals surface area contributed by atoms with Crippen molar-refractivity contribution in [1.82, 2.24) is 9.88 Å². The molecule has 154 valence electrons. The summed E-state index contributed by atoms with van der Waals surface area (Å²) in [5.74, 6) is 0.416. The fraction of sp³-hybridized carbons (Fsp3) is 0.333. The highest BCUT2D eigenvalue weighted by molar-refractivity contribution is 5.89. The molecule has 0 unspecified atom stereocenters. The van der Waals surface area contributed by atoms with Crippen LogP contribution in [0.3, 0.4) is 0 Å². The van der Waals surface area contributed by atoms with Gasteiger partial charge in [-0.15, -0.1) is 0 Å². The molecule has 0 bridgehead atoms. The molecule has 0 saturated carbocycles. The van der Waals surface area contributed by atoms with Crippen molar-refractivity contribution in [3.05, 3.63) is 58.3 Å². The van der Waals surface area contributed by atoms with E-state index in [1.165, 1.54) is 24.3 Å². The number of benzene rings is 1. The Hall–Kier alpha value is -3.37. The quantitative estimate of drug-likeness (QED) is 0.616. The second-order valence-electron chi connectivity index (χ2n) is 6.47. The van der Waals surface area contributed by atoms with Crippen molar-refractivity contribution < 1.29 is 22.9 Å². The maximum Gasteiger partial charge on any atom is 0.417 e. The van der Waals surface area contributed by atoms with Gasteiger partial charge >= 0.3 is 12.2 Å². The van der Waals surface area contributed by atoms with Crippen LogP contribution in [0, 0.1) is 10.1 Å². The zero-order valence-corrected chi connectivity index (χ0v) is 15.2. The van der Waals surface area contributed by atoms with Crippen LogP contribution in [0.4, 0.5) is 35.2 Å². The van der Waals surface area contributed by atoms with Gasteiger partial charge in [-0.25, -0.2) is 9.78 Å². The van der Waals surface area contributed by atoms with Crippen molar-refractivity contribution in [1.29, 1.82) is 0 Å². The Morgan fingerprint density at radius 1 is 1.14 bits per heavy atom. The number of aromatic nitrogens is 1. The molecule has 0 atom stereocenters. The van der Waals surface area contributed by atoms with Crippen LogP contribution in [-0.2, 0) is 6.18 Å². The number of nitrogens with zero attached hydrogens (tertiary/aromatic N) is 4. The third-order valence-corrected chi connectivity index (χ3v) is 4.49. The van der Waals surface area contributed by atoms with Crippen LogP contribution in [0.2, 0.25) is 0 Å².